The number of hydrogen-bond donors (Lipinski definition) is 1. The second-order valence-corrected chi connectivity index (χ2v) is 7.60. The molecule has 1 fully saturated rings. The highest BCUT2D eigenvalue weighted by Crippen LogP contribution is 2.38. The Morgan fingerprint density at radius 1 is 0.969 bits per heavy atom. The highest BCUT2D eigenvalue weighted by atomic mass is 19.1. The van der Waals surface area contributed by atoms with Crippen LogP contribution < -0.4 is 19.5 Å². The lowest BCUT2D eigenvalue weighted by Crippen LogP contribution is -2.52. The molecule has 1 aliphatic rings. The summed E-state index contributed by atoms with van der Waals surface area (Å²) in [7, 11) is 4.87. The predicted molar refractivity (Wildman–Crippen MR) is 124 cm³/mol. The molecular weight excluding hydrogens is 411 g/mol. The quantitative estimate of drug-likeness (QED) is 0.499. The van der Waals surface area contributed by atoms with Gasteiger partial charge < -0.3 is 24.4 Å². The molecule has 0 radical (unpaired) electrons. The summed E-state index contributed by atoms with van der Waals surface area (Å²) < 4.78 is 29.8. The average Bonchev–Trinajstić information content (AvgIpc) is 2.81. The van der Waals surface area contributed by atoms with E-state index in [-0.39, 0.29) is 5.82 Å². The van der Waals surface area contributed by atoms with Crippen molar-refractivity contribution >= 4 is 5.96 Å². The van der Waals surface area contributed by atoms with Gasteiger partial charge >= 0.3 is 0 Å². The highest BCUT2D eigenvalue weighted by Gasteiger charge is 2.21. The minimum atomic E-state index is -0.233. The molecule has 1 saturated heterocycles. The molecule has 8 heteroatoms. The Hall–Kier alpha value is -3.00. The van der Waals surface area contributed by atoms with Crippen LogP contribution in [0.1, 0.15) is 18.1 Å². The summed E-state index contributed by atoms with van der Waals surface area (Å²) >= 11 is 0. The zero-order valence-electron chi connectivity index (χ0n) is 19.4. The first-order valence-electron chi connectivity index (χ1n) is 10.9. The van der Waals surface area contributed by atoms with E-state index in [1.54, 1.807) is 27.4 Å². The van der Waals surface area contributed by atoms with Gasteiger partial charge in [-0.15, -0.1) is 0 Å². The van der Waals surface area contributed by atoms with Gasteiger partial charge in [0.15, 0.2) is 17.5 Å². The molecule has 1 heterocycles. The van der Waals surface area contributed by atoms with Crippen molar-refractivity contribution in [3.63, 3.8) is 0 Å². The van der Waals surface area contributed by atoms with Gasteiger partial charge in [0.1, 0.15) is 5.82 Å². The number of hydrogen-bond acceptors (Lipinski definition) is 5. The Labute approximate surface area is 189 Å². The SMILES string of the molecule is CCNC(=NCc1cccc(F)c1)N1CCN(Cc2cc(OC)c(OC)c(OC)c2)CC1. The first-order valence-corrected chi connectivity index (χ1v) is 10.9. The highest BCUT2D eigenvalue weighted by molar-refractivity contribution is 5.80. The van der Waals surface area contributed by atoms with E-state index in [2.05, 4.69) is 22.0 Å². The Kier molecular flexibility index (Phi) is 8.56. The lowest BCUT2D eigenvalue weighted by atomic mass is 10.1. The molecule has 3 rings (SSSR count). The van der Waals surface area contributed by atoms with Crippen LogP contribution in [0.3, 0.4) is 0 Å². The second kappa shape index (κ2) is 11.6. The van der Waals surface area contributed by atoms with Crippen LogP contribution in [0.5, 0.6) is 17.2 Å². The Morgan fingerprint density at radius 2 is 1.66 bits per heavy atom. The van der Waals surface area contributed by atoms with Gasteiger partial charge in [0.2, 0.25) is 5.75 Å². The summed E-state index contributed by atoms with van der Waals surface area (Å²) in [5.41, 5.74) is 1.97. The van der Waals surface area contributed by atoms with Crippen LogP contribution in [0, 0.1) is 5.82 Å². The summed E-state index contributed by atoms with van der Waals surface area (Å²) in [6.45, 7) is 7.61. The summed E-state index contributed by atoms with van der Waals surface area (Å²) in [6, 6.07) is 10.6. The van der Waals surface area contributed by atoms with Gasteiger partial charge in [0.25, 0.3) is 0 Å². The number of aliphatic imine (C=N–C) groups is 1. The van der Waals surface area contributed by atoms with E-state index in [1.165, 1.54) is 12.1 Å². The van der Waals surface area contributed by atoms with Crippen molar-refractivity contribution < 1.29 is 18.6 Å². The molecule has 174 valence electrons. The molecule has 0 unspecified atom stereocenters. The van der Waals surface area contributed by atoms with Crippen molar-refractivity contribution in [2.45, 2.75) is 20.0 Å². The third kappa shape index (κ3) is 6.03. The monoisotopic (exact) mass is 444 g/mol. The maximum atomic E-state index is 13.5. The number of guanidine groups is 1. The van der Waals surface area contributed by atoms with Gasteiger partial charge in [0, 0.05) is 39.3 Å². The van der Waals surface area contributed by atoms with E-state index in [9.17, 15) is 4.39 Å². The van der Waals surface area contributed by atoms with Crippen LogP contribution in [0.4, 0.5) is 4.39 Å². The number of rotatable bonds is 8. The fraction of sp³-hybridized carbons (Fsp3) is 0.458. The zero-order valence-corrected chi connectivity index (χ0v) is 19.4. The van der Waals surface area contributed by atoms with Crippen molar-refractivity contribution in [3.8, 4) is 17.2 Å². The average molecular weight is 445 g/mol. The van der Waals surface area contributed by atoms with Crippen LogP contribution in [0.2, 0.25) is 0 Å². The molecular formula is C24H33FN4O3. The summed E-state index contributed by atoms with van der Waals surface area (Å²) in [5, 5.41) is 3.36. The van der Waals surface area contributed by atoms with E-state index in [1.807, 2.05) is 18.2 Å². The molecule has 32 heavy (non-hydrogen) atoms. The van der Waals surface area contributed by atoms with Crippen molar-refractivity contribution in [1.82, 2.24) is 15.1 Å². The molecule has 0 bridgehead atoms. The molecule has 2 aromatic carbocycles. The largest absolute Gasteiger partial charge is 0.493 e. The van der Waals surface area contributed by atoms with Gasteiger partial charge in [-0.1, -0.05) is 12.1 Å². The van der Waals surface area contributed by atoms with E-state index in [0.717, 1.165) is 56.4 Å². The number of nitrogens with one attached hydrogen (secondary N) is 1. The maximum absolute atomic E-state index is 13.5. The molecule has 0 aliphatic carbocycles. The van der Waals surface area contributed by atoms with Crippen LogP contribution in [0.15, 0.2) is 41.4 Å². The van der Waals surface area contributed by atoms with Crippen molar-refractivity contribution in [2.24, 2.45) is 4.99 Å². The molecule has 1 aliphatic heterocycles. The lowest BCUT2D eigenvalue weighted by molar-refractivity contribution is 0.172. The second-order valence-electron chi connectivity index (χ2n) is 7.60. The summed E-state index contributed by atoms with van der Waals surface area (Å²) in [4.78, 5) is 9.38. The first kappa shape index (κ1) is 23.7. The van der Waals surface area contributed by atoms with Crippen LogP contribution in [-0.2, 0) is 13.1 Å². The fourth-order valence-electron chi connectivity index (χ4n) is 3.83. The van der Waals surface area contributed by atoms with Crippen LogP contribution in [-0.4, -0.2) is 69.8 Å². The number of halogens is 1. The van der Waals surface area contributed by atoms with Crippen LogP contribution >= 0.6 is 0 Å². The number of piperazine rings is 1. The number of methoxy groups -OCH3 is 3. The van der Waals surface area contributed by atoms with E-state index in [4.69, 9.17) is 19.2 Å². The van der Waals surface area contributed by atoms with E-state index < -0.39 is 0 Å². The number of nitrogens with zero attached hydrogens (tertiary/aromatic N) is 3. The molecule has 0 atom stereocenters. The smallest absolute Gasteiger partial charge is 0.203 e. The van der Waals surface area contributed by atoms with Crippen molar-refractivity contribution in [2.75, 3.05) is 54.1 Å². The predicted octanol–water partition coefficient (Wildman–Crippen LogP) is 3.13. The van der Waals surface area contributed by atoms with Gasteiger partial charge in [-0.3, -0.25) is 4.90 Å². The molecule has 0 spiro atoms. The normalized spacial score (nSPS) is 14.9. The van der Waals surface area contributed by atoms with Crippen molar-refractivity contribution in [3.05, 3.63) is 53.3 Å². The molecule has 0 saturated carbocycles. The standard InChI is InChI=1S/C24H33FN4O3/c1-5-26-24(27-16-18-7-6-8-20(25)13-18)29-11-9-28(10-12-29)17-19-14-21(30-2)23(32-4)22(15-19)31-3/h6-8,13-15H,5,9-12,16-17H2,1-4H3,(H,26,27). The van der Waals surface area contributed by atoms with Gasteiger partial charge in [-0.25, -0.2) is 9.38 Å². The van der Waals surface area contributed by atoms with Gasteiger partial charge in [0.05, 0.1) is 27.9 Å². The number of benzene rings is 2. The van der Waals surface area contributed by atoms with Crippen molar-refractivity contribution in [1.29, 1.82) is 0 Å². The van der Waals surface area contributed by atoms with Gasteiger partial charge in [-0.05, 0) is 42.3 Å². The van der Waals surface area contributed by atoms with Gasteiger partial charge in [-0.2, -0.15) is 0 Å². The molecule has 2 aromatic rings. The maximum Gasteiger partial charge on any atom is 0.203 e. The minimum absolute atomic E-state index is 0.233. The molecule has 7 nitrogen and oxygen atoms in total. The fourth-order valence-corrected chi connectivity index (χ4v) is 3.83. The number of ether oxygens (including phenoxy) is 3. The Morgan fingerprint density at radius 3 is 2.22 bits per heavy atom. The van der Waals surface area contributed by atoms with Crippen LogP contribution in [0.25, 0.3) is 0 Å². The third-order valence-electron chi connectivity index (χ3n) is 5.44. The lowest BCUT2D eigenvalue weighted by Gasteiger charge is -2.36. The Bertz CT molecular complexity index is 889. The summed E-state index contributed by atoms with van der Waals surface area (Å²) in [5.74, 6) is 2.57. The summed E-state index contributed by atoms with van der Waals surface area (Å²) in [6.07, 6.45) is 0. The minimum Gasteiger partial charge on any atom is -0.493 e. The third-order valence-corrected chi connectivity index (χ3v) is 5.44. The first-order chi connectivity index (χ1) is 15.6. The molecule has 0 aromatic heterocycles. The Balaban J connectivity index is 1.62. The molecule has 1 N–H and O–H groups in total. The van der Waals surface area contributed by atoms with E-state index >= 15 is 0 Å². The zero-order chi connectivity index (χ0) is 22.9. The molecule has 0 amide bonds. The van der Waals surface area contributed by atoms with E-state index in [0.29, 0.717) is 23.8 Å². The topological polar surface area (TPSA) is 58.6 Å².